The molecule has 0 aliphatic rings. The molecule has 0 unspecified atom stereocenters. The average Bonchev–Trinajstić information content (AvgIpc) is 2.74. The Labute approximate surface area is 179 Å². The van der Waals surface area contributed by atoms with Gasteiger partial charge in [0.1, 0.15) is 18.1 Å². The van der Waals surface area contributed by atoms with Crippen LogP contribution in [0.5, 0.6) is 11.5 Å². The summed E-state index contributed by atoms with van der Waals surface area (Å²) in [6.07, 6.45) is 2.62. The van der Waals surface area contributed by atoms with Crippen molar-refractivity contribution in [3.63, 3.8) is 0 Å². The molecule has 2 aromatic rings. The van der Waals surface area contributed by atoms with Crippen LogP contribution in [0.3, 0.4) is 0 Å². The van der Waals surface area contributed by atoms with Crippen LogP contribution in [0, 0.1) is 13.8 Å². The number of carbonyl (C=O) groups is 2. The van der Waals surface area contributed by atoms with Crippen molar-refractivity contribution in [2.45, 2.75) is 52.9 Å². The third kappa shape index (κ3) is 5.21. The summed E-state index contributed by atoms with van der Waals surface area (Å²) in [6.45, 7) is 10.4. The van der Waals surface area contributed by atoms with E-state index in [1.165, 1.54) is 11.1 Å². The molecule has 5 nitrogen and oxygen atoms in total. The first-order valence-electron chi connectivity index (χ1n) is 10.5. The number of aldehydes is 1. The highest BCUT2D eigenvalue weighted by atomic mass is 16.6. The molecule has 0 saturated carbocycles. The van der Waals surface area contributed by atoms with Crippen LogP contribution in [0.1, 0.15) is 55.9 Å². The number of aryl methyl sites for hydroxylation is 2. The van der Waals surface area contributed by atoms with Gasteiger partial charge in [-0.15, -0.1) is 0 Å². The lowest BCUT2D eigenvalue weighted by Gasteiger charge is -2.34. The van der Waals surface area contributed by atoms with E-state index in [0.29, 0.717) is 12.4 Å². The maximum atomic E-state index is 11.6. The Balaban J connectivity index is 2.35. The van der Waals surface area contributed by atoms with Gasteiger partial charge in [-0.2, -0.15) is 0 Å². The third-order valence-corrected chi connectivity index (χ3v) is 5.62. The highest BCUT2D eigenvalue weighted by Crippen LogP contribution is 2.41. The van der Waals surface area contributed by atoms with Crippen molar-refractivity contribution in [3.8, 4) is 11.5 Å². The first-order valence-corrected chi connectivity index (χ1v) is 10.5. The fourth-order valence-electron chi connectivity index (χ4n) is 3.91. The summed E-state index contributed by atoms with van der Waals surface area (Å²) in [6, 6.07) is 12.3. The fraction of sp³-hybridized carbons (Fsp3) is 0.440. The zero-order valence-electron chi connectivity index (χ0n) is 18.6. The average molecular weight is 413 g/mol. The largest absolute Gasteiger partial charge is 0.486 e. The summed E-state index contributed by atoms with van der Waals surface area (Å²) in [5.74, 6) is 1.04. The van der Waals surface area contributed by atoms with E-state index in [1.807, 2.05) is 26.0 Å². The van der Waals surface area contributed by atoms with E-state index in [4.69, 9.17) is 14.2 Å². The van der Waals surface area contributed by atoms with Gasteiger partial charge in [0, 0.05) is 5.41 Å². The van der Waals surface area contributed by atoms with Crippen LogP contribution in [0.25, 0.3) is 0 Å². The van der Waals surface area contributed by atoms with Gasteiger partial charge in [0.2, 0.25) is 0 Å². The maximum Gasteiger partial charge on any atom is 0.344 e. The number of benzene rings is 2. The van der Waals surface area contributed by atoms with Crippen molar-refractivity contribution < 1.29 is 23.8 Å². The van der Waals surface area contributed by atoms with Crippen molar-refractivity contribution in [2.75, 3.05) is 19.8 Å². The second-order valence-corrected chi connectivity index (χ2v) is 7.32. The smallest absolute Gasteiger partial charge is 0.344 e. The Kier molecular flexibility index (Phi) is 8.46. The molecule has 0 atom stereocenters. The van der Waals surface area contributed by atoms with Crippen LogP contribution < -0.4 is 9.47 Å². The van der Waals surface area contributed by atoms with E-state index in [1.54, 1.807) is 6.92 Å². The Bertz CT molecular complexity index is 868. The van der Waals surface area contributed by atoms with Crippen molar-refractivity contribution in [1.82, 2.24) is 0 Å². The maximum absolute atomic E-state index is 11.6. The van der Waals surface area contributed by atoms with Gasteiger partial charge in [-0.3, -0.25) is 4.79 Å². The molecule has 0 aliphatic heterocycles. The summed E-state index contributed by atoms with van der Waals surface area (Å²) in [4.78, 5) is 22.2. The molecule has 0 spiro atoms. The van der Waals surface area contributed by atoms with E-state index < -0.39 is 0 Å². The number of ether oxygens (including phenoxy) is 3. The summed E-state index contributed by atoms with van der Waals surface area (Å²) in [7, 11) is 0. The van der Waals surface area contributed by atoms with Crippen LogP contribution in [0.4, 0.5) is 0 Å². The lowest BCUT2D eigenvalue weighted by molar-refractivity contribution is -0.145. The molecule has 0 saturated heterocycles. The van der Waals surface area contributed by atoms with E-state index in [2.05, 4.69) is 38.1 Å². The molecule has 30 heavy (non-hydrogen) atoms. The quantitative estimate of drug-likeness (QED) is 0.387. The lowest BCUT2D eigenvalue weighted by atomic mass is 9.70. The molecule has 2 rings (SSSR count). The highest BCUT2D eigenvalue weighted by molar-refractivity contribution is 5.71. The normalized spacial score (nSPS) is 11.1. The monoisotopic (exact) mass is 412 g/mol. The molecule has 0 aliphatic carbocycles. The number of rotatable bonds is 11. The summed E-state index contributed by atoms with van der Waals surface area (Å²) >= 11 is 0. The highest BCUT2D eigenvalue weighted by Gasteiger charge is 2.31. The number of carbonyl (C=O) groups excluding carboxylic acids is 2. The molecule has 162 valence electrons. The van der Waals surface area contributed by atoms with Crippen LogP contribution in [0.2, 0.25) is 0 Å². The van der Waals surface area contributed by atoms with Crippen LogP contribution in [0.15, 0.2) is 36.4 Å². The molecule has 0 aromatic heterocycles. The molecular formula is C25H32O5. The second-order valence-electron chi connectivity index (χ2n) is 7.32. The van der Waals surface area contributed by atoms with Gasteiger partial charge in [0.05, 0.1) is 6.61 Å². The summed E-state index contributed by atoms with van der Waals surface area (Å²) < 4.78 is 16.1. The molecule has 0 bridgehead atoms. The van der Waals surface area contributed by atoms with Gasteiger partial charge in [0.25, 0.3) is 0 Å². The molecular weight excluding hydrogens is 380 g/mol. The number of hydrogen-bond donors (Lipinski definition) is 0. The minimum Gasteiger partial charge on any atom is -0.486 e. The van der Waals surface area contributed by atoms with E-state index in [-0.39, 0.29) is 24.6 Å². The molecule has 5 heteroatoms. The van der Waals surface area contributed by atoms with Gasteiger partial charge >= 0.3 is 5.97 Å². The Morgan fingerprint density at radius 3 is 1.87 bits per heavy atom. The predicted octanol–water partition coefficient (Wildman–Crippen LogP) is 4.93. The Morgan fingerprint density at radius 1 is 0.900 bits per heavy atom. The van der Waals surface area contributed by atoms with E-state index in [0.717, 1.165) is 36.0 Å². The molecule has 0 heterocycles. The number of hydrogen-bond acceptors (Lipinski definition) is 5. The zero-order valence-corrected chi connectivity index (χ0v) is 18.6. The standard InChI is InChI=1S/C25H32O5/c1-6-25(7-2,20-9-11-22(18(4)15-20)29-14-13-26)21-10-12-23(19(5)16-21)30-17-24(27)28-8-3/h9-13,15-16H,6-8,14,17H2,1-5H3. The van der Waals surface area contributed by atoms with Gasteiger partial charge in [-0.1, -0.05) is 38.1 Å². The van der Waals surface area contributed by atoms with Crippen LogP contribution >= 0.6 is 0 Å². The molecule has 0 N–H and O–H groups in total. The molecule has 0 amide bonds. The van der Waals surface area contributed by atoms with E-state index in [9.17, 15) is 9.59 Å². The van der Waals surface area contributed by atoms with E-state index >= 15 is 0 Å². The van der Waals surface area contributed by atoms with Crippen molar-refractivity contribution in [3.05, 3.63) is 58.7 Å². The minimum absolute atomic E-state index is 0.0549. The fourth-order valence-corrected chi connectivity index (χ4v) is 3.91. The SMILES string of the molecule is CCOC(=O)COc1ccc(C(CC)(CC)c2ccc(OCC=O)c(C)c2)cc1C. The molecule has 0 radical (unpaired) electrons. The summed E-state index contributed by atoms with van der Waals surface area (Å²) in [5, 5.41) is 0. The molecule has 0 fully saturated rings. The van der Waals surface area contributed by atoms with Crippen molar-refractivity contribution in [1.29, 1.82) is 0 Å². The third-order valence-electron chi connectivity index (χ3n) is 5.62. The molecule has 2 aromatic carbocycles. The van der Waals surface area contributed by atoms with Crippen molar-refractivity contribution >= 4 is 12.3 Å². The van der Waals surface area contributed by atoms with Gasteiger partial charge in [-0.25, -0.2) is 4.79 Å². The second kappa shape index (κ2) is 10.8. The summed E-state index contributed by atoms with van der Waals surface area (Å²) in [5.41, 5.74) is 4.24. The minimum atomic E-state index is -0.371. The first-order chi connectivity index (χ1) is 14.4. The van der Waals surface area contributed by atoms with Gasteiger partial charge < -0.3 is 14.2 Å². The zero-order chi connectivity index (χ0) is 22.1. The first kappa shape index (κ1) is 23.5. The Hall–Kier alpha value is -2.82. The number of esters is 1. The van der Waals surface area contributed by atoms with Gasteiger partial charge in [-0.05, 0) is 68.0 Å². The van der Waals surface area contributed by atoms with Crippen molar-refractivity contribution in [2.24, 2.45) is 0 Å². The van der Waals surface area contributed by atoms with Crippen LogP contribution in [-0.2, 0) is 19.7 Å². The van der Waals surface area contributed by atoms with Gasteiger partial charge in [0.15, 0.2) is 12.9 Å². The Morgan fingerprint density at radius 2 is 1.43 bits per heavy atom. The topological polar surface area (TPSA) is 61.8 Å². The lowest BCUT2D eigenvalue weighted by Crippen LogP contribution is -2.26. The van der Waals surface area contributed by atoms with Crippen LogP contribution in [-0.4, -0.2) is 32.1 Å². The predicted molar refractivity (Wildman–Crippen MR) is 117 cm³/mol.